The number of carbonyl (C=O) groups excluding carboxylic acids is 1. The summed E-state index contributed by atoms with van der Waals surface area (Å²) in [5, 5.41) is 3.50. The second kappa shape index (κ2) is 7.97. The maximum absolute atomic E-state index is 12.3. The van der Waals surface area contributed by atoms with Gasteiger partial charge in [0, 0.05) is 16.3 Å². The Bertz CT molecular complexity index is 1180. The van der Waals surface area contributed by atoms with Gasteiger partial charge in [0.25, 0.3) is 5.91 Å². The van der Waals surface area contributed by atoms with E-state index in [-0.39, 0.29) is 12.5 Å². The Hall–Kier alpha value is -3.31. The molecule has 0 saturated carbocycles. The van der Waals surface area contributed by atoms with Crippen LogP contribution in [0, 0.1) is 13.8 Å². The predicted molar refractivity (Wildman–Crippen MR) is 114 cm³/mol. The summed E-state index contributed by atoms with van der Waals surface area (Å²) in [7, 11) is 0. The first-order chi connectivity index (χ1) is 14.0. The molecule has 0 radical (unpaired) electrons. The Morgan fingerprint density at radius 1 is 1.10 bits per heavy atom. The van der Waals surface area contributed by atoms with E-state index in [9.17, 15) is 4.79 Å². The fourth-order valence-electron chi connectivity index (χ4n) is 3.02. The number of hydrogen-bond donors (Lipinski definition) is 1. The number of anilines is 1. The molecule has 0 saturated heterocycles. The Morgan fingerprint density at radius 3 is 2.69 bits per heavy atom. The third kappa shape index (κ3) is 4.25. The van der Waals surface area contributed by atoms with E-state index in [2.05, 4.69) is 10.3 Å². The van der Waals surface area contributed by atoms with E-state index in [0.717, 1.165) is 27.8 Å². The molecule has 0 aliphatic rings. The molecular weight excluding hydrogens is 388 g/mol. The predicted octanol–water partition coefficient (Wildman–Crippen LogP) is 5.78. The summed E-state index contributed by atoms with van der Waals surface area (Å²) in [4.78, 5) is 16.9. The van der Waals surface area contributed by atoms with Gasteiger partial charge in [-0.3, -0.25) is 4.79 Å². The van der Waals surface area contributed by atoms with E-state index in [4.69, 9.17) is 20.8 Å². The van der Waals surface area contributed by atoms with Crippen molar-refractivity contribution in [3.63, 3.8) is 0 Å². The molecule has 1 amide bonds. The summed E-state index contributed by atoms with van der Waals surface area (Å²) in [5.74, 6) is 0.849. The number of amides is 1. The van der Waals surface area contributed by atoms with Gasteiger partial charge in [0.1, 0.15) is 11.3 Å². The molecule has 146 valence electrons. The summed E-state index contributed by atoms with van der Waals surface area (Å²) in [6.07, 6.45) is 0. The highest BCUT2D eigenvalue weighted by Gasteiger charge is 2.14. The quantitative estimate of drug-likeness (QED) is 0.456. The highest BCUT2D eigenvalue weighted by Crippen LogP contribution is 2.30. The lowest BCUT2D eigenvalue weighted by Gasteiger charge is -2.11. The first kappa shape index (κ1) is 19.0. The SMILES string of the molecule is Cc1ccc2oc(-c3cccc(NC(=O)COc4ccc(Cl)cc4)c3C)nc2c1. The Balaban J connectivity index is 1.51. The molecule has 4 aromatic rings. The fraction of sp³-hybridized carbons (Fsp3) is 0.130. The molecular formula is C23H19ClN2O3. The summed E-state index contributed by atoms with van der Waals surface area (Å²) < 4.78 is 11.4. The van der Waals surface area contributed by atoms with Gasteiger partial charge in [-0.1, -0.05) is 23.7 Å². The van der Waals surface area contributed by atoms with Crippen molar-refractivity contribution in [3.05, 3.63) is 76.8 Å². The maximum atomic E-state index is 12.3. The fourth-order valence-corrected chi connectivity index (χ4v) is 3.15. The number of nitrogens with one attached hydrogen (secondary N) is 1. The number of hydrogen-bond acceptors (Lipinski definition) is 4. The summed E-state index contributed by atoms with van der Waals surface area (Å²) in [6, 6.07) is 18.4. The average molecular weight is 407 g/mol. The molecule has 1 heterocycles. The van der Waals surface area contributed by atoms with Gasteiger partial charge in [0.15, 0.2) is 12.2 Å². The van der Waals surface area contributed by atoms with Gasteiger partial charge in [-0.2, -0.15) is 0 Å². The number of halogens is 1. The molecule has 0 fully saturated rings. The number of benzene rings is 3. The lowest BCUT2D eigenvalue weighted by molar-refractivity contribution is -0.118. The molecule has 6 heteroatoms. The van der Waals surface area contributed by atoms with Crippen molar-refractivity contribution in [1.29, 1.82) is 0 Å². The zero-order chi connectivity index (χ0) is 20.4. The summed E-state index contributed by atoms with van der Waals surface area (Å²) >= 11 is 5.85. The van der Waals surface area contributed by atoms with Crippen LogP contribution in [0.15, 0.2) is 65.1 Å². The minimum absolute atomic E-state index is 0.104. The third-order valence-electron chi connectivity index (χ3n) is 4.56. The van der Waals surface area contributed by atoms with Crippen molar-refractivity contribution >= 4 is 34.3 Å². The number of fused-ring (bicyclic) bond motifs is 1. The molecule has 29 heavy (non-hydrogen) atoms. The van der Waals surface area contributed by atoms with E-state index in [1.807, 2.05) is 50.2 Å². The maximum Gasteiger partial charge on any atom is 0.262 e. The molecule has 3 aromatic carbocycles. The Labute approximate surface area is 173 Å². The van der Waals surface area contributed by atoms with Crippen molar-refractivity contribution in [2.75, 3.05) is 11.9 Å². The largest absolute Gasteiger partial charge is 0.484 e. The van der Waals surface area contributed by atoms with E-state index in [1.165, 1.54) is 0 Å². The van der Waals surface area contributed by atoms with E-state index >= 15 is 0 Å². The van der Waals surface area contributed by atoms with Gasteiger partial charge < -0.3 is 14.5 Å². The highest BCUT2D eigenvalue weighted by molar-refractivity contribution is 6.30. The molecule has 0 bridgehead atoms. The number of aromatic nitrogens is 1. The number of oxazole rings is 1. The van der Waals surface area contributed by atoms with E-state index in [1.54, 1.807) is 24.3 Å². The van der Waals surface area contributed by atoms with Crippen LogP contribution in [0.1, 0.15) is 11.1 Å². The Kier molecular flexibility index (Phi) is 5.23. The van der Waals surface area contributed by atoms with Crippen LogP contribution in [0.5, 0.6) is 5.75 Å². The van der Waals surface area contributed by atoms with Crippen molar-refractivity contribution < 1.29 is 13.9 Å². The molecule has 0 atom stereocenters. The molecule has 1 N–H and O–H groups in total. The summed E-state index contributed by atoms with van der Waals surface area (Å²) in [5.41, 5.74) is 5.05. The van der Waals surface area contributed by atoms with E-state index < -0.39 is 0 Å². The second-order valence-corrected chi connectivity index (χ2v) is 7.20. The van der Waals surface area contributed by atoms with Gasteiger partial charge in [0.2, 0.25) is 5.89 Å². The molecule has 0 aliphatic heterocycles. The Morgan fingerprint density at radius 2 is 1.90 bits per heavy atom. The molecule has 4 rings (SSSR count). The van der Waals surface area contributed by atoms with Crippen LogP contribution in [0.25, 0.3) is 22.6 Å². The normalized spacial score (nSPS) is 10.9. The molecule has 1 aromatic heterocycles. The second-order valence-electron chi connectivity index (χ2n) is 6.76. The van der Waals surface area contributed by atoms with E-state index in [0.29, 0.717) is 22.4 Å². The van der Waals surface area contributed by atoms with Crippen LogP contribution in [0.3, 0.4) is 0 Å². The topological polar surface area (TPSA) is 64.4 Å². The number of rotatable bonds is 5. The minimum Gasteiger partial charge on any atom is -0.484 e. The van der Waals surface area contributed by atoms with Crippen LogP contribution >= 0.6 is 11.6 Å². The van der Waals surface area contributed by atoms with Gasteiger partial charge in [0.05, 0.1) is 0 Å². The van der Waals surface area contributed by atoms with Gasteiger partial charge >= 0.3 is 0 Å². The molecule has 0 spiro atoms. The first-order valence-corrected chi connectivity index (χ1v) is 9.53. The van der Waals surface area contributed by atoms with Crippen molar-refractivity contribution in [2.24, 2.45) is 0 Å². The monoisotopic (exact) mass is 406 g/mol. The smallest absolute Gasteiger partial charge is 0.262 e. The van der Waals surface area contributed by atoms with Gasteiger partial charge in [-0.15, -0.1) is 0 Å². The number of carbonyl (C=O) groups is 1. The molecule has 5 nitrogen and oxygen atoms in total. The van der Waals surface area contributed by atoms with Gasteiger partial charge in [-0.05, 0) is 73.5 Å². The van der Waals surface area contributed by atoms with Crippen LogP contribution in [0.2, 0.25) is 5.02 Å². The standard InChI is InChI=1S/C23H19ClN2O3/c1-14-6-11-21-20(12-14)26-23(29-21)18-4-3-5-19(15(18)2)25-22(27)13-28-17-9-7-16(24)8-10-17/h3-12H,13H2,1-2H3,(H,25,27). The number of ether oxygens (including phenoxy) is 1. The first-order valence-electron chi connectivity index (χ1n) is 9.15. The van der Waals surface area contributed by atoms with Crippen molar-refractivity contribution in [1.82, 2.24) is 4.98 Å². The number of nitrogens with zero attached hydrogens (tertiary/aromatic N) is 1. The van der Waals surface area contributed by atoms with Crippen molar-refractivity contribution in [2.45, 2.75) is 13.8 Å². The lowest BCUT2D eigenvalue weighted by atomic mass is 10.1. The van der Waals surface area contributed by atoms with Gasteiger partial charge in [-0.25, -0.2) is 4.98 Å². The minimum atomic E-state index is -0.256. The van der Waals surface area contributed by atoms with Crippen molar-refractivity contribution in [3.8, 4) is 17.2 Å². The van der Waals surface area contributed by atoms with Crippen LogP contribution in [-0.2, 0) is 4.79 Å². The third-order valence-corrected chi connectivity index (χ3v) is 4.82. The van der Waals surface area contributed by atoms with Crippen LogP contribution in [-0.4, -0.2) is 17.5 Å². The average Bonchev–Trinajstić information content (AvgIpc) is 3.12. The van der Waals surface area contributed by atoms with Crippen LogP contribution in [0.4, 0.5) is 5.69 Å². The highest BCUT2D eigenvalue weighted by atomic mass is 35.5. The zero-order valence-electron chi connectivity index (χ0n) is 16.0. The molecule has 0 unspecified atom stereocenters. The summed E-state index contributed by atoms with van der Waals surface area (Å²) in [6.45, 7) is 3.83. The zero-order valence-corrected chi connectivity index (χ0v) is 16.8. The van der Waals surface area contributed by atoms with Crippen LogP contribution < -0.4 is 10.1 Å². The lowest BCUT2D eigenvalue weighted by Crippen LogP contribution is -2.20. The molecule has 0 aliphatic carbocycles. The number of aryl methyl sites for hydroxylation is 1.